The molecule has 1 aliphatic heterocycles. The van der Waals surface area contributed by atoms with Gasteiger partial charge in [0.05, 0.1) is 6.54 Å². The fourth-order valence-corrected chi connectivity index (χ4v) is 3.12. The lowest BCUT2D eigenvalue weighted by Gasteiger charge is -2.34. The van der Waals surface area contributed by atoms with Crippen molar-refractivity contribution >= 4 is 6.03 Å². The molecule has 0 aromatic carbocycles. The molecular formula is C17H25N7O2. The predicted molar refractivity (Wildman–Crippen MR) is 93.4 cm³/mol. The Morgan fingerprint density at radius 1 is 1.31 bits per heavy atom. The maximum absolute atomic E-state index is 12.3. The van der Waals surface area contributed by atoms with Crippen molar-refractivity contribution in [3.63, 3.8) is 0 Å². The number of carbonyl (C=O) groups excluding carboxylic acids is 1. The largest absolute Gasteiger partial charge is 0.339 e. The van der Waals surface area contributed by atoms with E-state index in [1.165, 1.54) is 0 Å². The van der Waals surface area contributed by atoms with Gasteiger partial charge in [-0.3, -0.25) is 4.90 Å². The standard InChI is InChI=1S/C17H25N7O2/c1-22-7-6-18-14(22)12-23-8-10-24(11-9-23)17(25)19-5-4-15-20-16(21-26-15)13-2-3-13/h6-7,13H,2-5,8-12H2,1H3,(H,19,25). The van der Waals surface area contributed by atoms with Gasteiger partial charge in [0.2, 0.25) is 5.89 Å². The molecule has 0 atom stereocenters. The molecule has 9 heteroatoms. The van der Waals surface area contributed by atoms with Crippen LogP contribution in [0.15, 0.2) is 16.9 Å². The smallest absolute Gasteiger partial charge is 0.317 e. The Morgan fingerprint density at radius 2 is 2.12 bits per heavy atom. The van der Waals surface area contributed by atoms with E-state index in [0.717, 1.165) is 57.2 Å². The van der Waals surface area contributed by atoms with Crippen molar-refractivity contribution in [1.29, 1.82) is 0 Å². The molecule has 4 rings (SSSR count). The zero-order chi connectivity index (χ0) is 17.9. The highest BCUT2D eigenvalue weighted by molar-refractivity contribution is 5.74. The molecule has 9 nitrogen and oxygen atoms in total. The molecule has 26 heavy (non-hydrogen) atoms. The maximum Gasteiger partial charge on any atom is 0.317 e. The Hall–Kier alpha value is -2.42. The number of amides is 2. The summed E-state index contributed by atoms with van der Waals surface area (Å²) in [7, 11) is 2.00. The molecule has 3 heterocycles. The van der Waals surface area contributed by atoms with E-state index in [1.807, 2.05) is 28.9 Å². The molecule has 2 aromatic heterocycles. The molecule has 0 unspecified atom stereocenters. The molecule has 2 aromatic rings. The van der Waals surface area contributed by atoms with Gasteiger partial charge in [-0.05, 0) is 12.8 Å². The molecule has 2 amide bonds. The van der Waals surface area contributed by atoms with Gasteiger partial charge in [-0.15, -0.1) is 0 Å². The third kappa shape index (κ3) is 4.04. The maximum atomic E-state index is 12.3. The molecule has 1 aliphatic carbocycles. The van der Waals surface area contributed by atoms with Gasteiger partial charge < -0.3 is 19.3 Å². The number of hydrogen-bond acceptors (Lipinski definition) is 6. The van der Waals surface area contributed by atoms with Crippen molar-refractivity contribution in [3.8, 4) is 0 Å². The summed E-state index contributed by atoms with van der Waals surface area (Å²) in [4.78, 5) is 25.2. The zero-order valence-electron chi connectivity index (χ0n) is 15.1. The lowest BCUT2D eigenvalue weighted by Crippen LogP contribution is -2.51. The first-order valence-electron chi connectivity index (χ1n) is 9.23. The average Bonchev–Trinajstić information content (AvgIpc) is 3.27. The van der Waals surface area contributed by atoms with Crippen molar-refractivity contribution in [2.75, 3.05) is 32.7 Å². The number of imidazole rings is 1. The van der Waals surface area contributed by atoms with Crippen molar-refractivity contribution in [2.45, 2.75) is 31.7 Å². The summed E-state index contributed by atoms with van der Waals surface area (Å²) in [5.41, 5.74) is 0. The Bertz CT molecular complexity index is 744. The molecule has 1 saturated heterocycles. The van der Waals surface area contributed by atoms with Gasteiger partial charge in [0.1, 0.15) is 5.82 Å². The van der Waals surface area contributed by atoms with E-state index in [4.69, 9.17) is 4.52 Å². The van der Waals surface area contributed by atoms with E-state index in [-0.39, 0.29) is 6.03 Å². The predicted octanol–water partition coefficient (Wildman–Crippen LogP) is 0.750. The van der Waals surface area contributed by atoms with Crippen LogP contribution >= 0.6 is 0 Å². The average molecular weight is 359 g/mol. The van der Waals surface area contributed by atoms with Crippen molar-refractivity contribution in [3.05, 3.63) is 29.9 Å². The van der Waals surface area contributed by atoms with Gasteiger partial charge in [-0.25, -0.2) is 9.78 Å². The van der Waals surface area contributed by atoms with Crippen LogP contribution in [-0.4, -0.2) is 68.2 Å². The summed E-state index contributed by atoms with van der Waals surface area (Å²) < 4.78 is 7.26. The summed E-state index contributed by atoms with van der Waals surface area (Å²) in [6.45, 7) is 4.49. The lowest BCUT2D eigenvalue weighted by atomic mass is 10.3. The molecule has 0 bridgehead atoms. The number of aryl methyl sites for hydroxylation is 1. The molecule has 2 aliphatic rings. The number of nitrogens with one attached hydrogen (secondary N) is 1. The normalized spacial score (nSPS) is 18.3. The van der Waals surface area contributed by atoms with Gasteiger partial charge >= 0.3 is 6.03 Å². The van der Waals surface area contributed by atoms with E-state index in [0.29, 0.717) is 24.8 Å². The van der Waals surface area contributed by atoms with Crippen LogP contribution in [0.2, 0.25) is 0 Å². The van der Waals surface area contributed by atoms with Gasteiger partial charge in [-0.2, -0.15) is 4.98 Å². The molecule has 2 fully saturated rings. The monoisotopic (exact) mass is 359 g/mol. The van der Waals surface area contributed by atoms with Crippen molar-refractivity contribution in [2.24, 2.45) is 7.05 Å². The third-order valence-electron chi connectivity index (χ3n) is 4.99. The fourth-order valence-electron chi connectivity index (χ4n) is 3.12. The van der Waals surface area contributed by atoms with Crippen LogP contribution in [0.25, 0.3) is 0 Å². The molecule has 1 saturated carbocycles. The van der Waals surface area contributed by atoms with E-state index in [9.17, 15) is 4.79 Å². The summed E-state index contributed by atoms with van der Waals surface area (Å²) in [5, 5.41) is 6.94. The summed E-state index contributed by atoms with van der Waals surface area (Å²) in [5.74, 6) is 2.96. The van der Waals surface area contributed by atoms with E-state index in [1.54, 1.807) is 0 Å². The van der Waals surface area contributed by atoms with Crippen LogP contribution in [0.4, 0.5) is 4.79 Å². The second-order valence-corrected chi connectivity index (χ2v) is 7.02. The number of carbonyl (C=O) groups is 1. The van der Waals surface area contributed by atoms with E-state index < -0.39 is 0 Å². The molecule has 0 spiro atoms. The van der Waals surface area contributed by atoms with Crippen LogP contribution < -0.4 is 5.32 Å². The summed E-state index contributed by atoms with van der Waals surface area (Å²) in [6, 6.07) is -0.0245. The van der Waals surface area contributed by atoms with Crippen molar-refractivity contribution < 1.29 is 9.32 Å². The molecular weight excluding hydrogens is 334 g/mol. The third-order valence-corrected chi connectivity index (χ3v) is 4.99. The van der Waals surface area contributed by atoms with E-state index in [2.05, 4.69) is 25.3 Å². The molecule has 0 radical (unpaired) electrons. The minimum Gasteiger partial charge on any atom is -0.339 e. The van der Waals surface area contributed by atoms with E-state index >= 15 is 0 Å². The highest BCUT2D eigenvalue weighted by Crippen LogP contribution is 2.38. The first kappa shape index (κ1) is 17.0. The topological polar surface area (TPSA) is 92.3 Å². The minimum atomic E-state index is -0.0245. The number of hydrogen-bond donors (Lipinski definition) is 1. The van der Waals surface area contributed by atoms with Crippen LogP contribution in [-0.2, 0) is 20.0 Å². The quantitative estimate of drug-likeness (QED) is 0.818. The summed E-state index contributed by atoms with van der Waals surface area (Å²) in [6.07, 6.45) is 6.65. The Kier molecular flexibility index (Phi) is 4.87. The fraction of sp³-hybridized carbons (Fsp3) is 0.647. The minimum absolute atomic E-state index is 0.0245. The second kappa shape index (κ2) is 7.45. The van der Waals surface area contributed by atoms with Crippen LogP contribution in [0.5, 0.6) is 0 Å². The first-order valence-corrected chi connectivity index (χ1v) is 9.23. The van der Waals surface area contributed by atoms with Gasteiger partial charge in [0.25, 0.3) is 0 Å². The first-order chi connectivity index (χ1) is 12.7. The van der Waals surface area contributed by atoms with Crippen LogP contribution in [0.3, 0.4) is 0 Å². The SMILES string of the molecule is Cn1ccnc1CN1CCN(C(=O)NCCc2nc(C3CC3)no2)CC1. The molecule has 1 N–H and O–H groups in total. The number of rotatable bonds is 6. The Morgan fingerprint density at radius 3 is 2.81 bits per heavy atom. The number of nitrogens with zero attached hydrogens (tertiary/aromatic N) is 6. The Labute approximate surface area is 152 Å². The Balaban J connectivity index is 1.16. The number of aromatic nitrogens is 4. The summed E-state index contributed by atoms with van der Waals surface area (Å²) >= 11 is 0. The second-order valence-electron chi connectivity index (χ2n) is 7.02. The van der Waals surface area contributed by atoms with Crippen molar-refractivity contribution in [1.82, 2.24) is 34.8 Å². The van der Waals surface area contributed by atoms with Gasteiger partial charge in [0, 0.05) is 64.5 Å². The highest BCUT2D eigenvalue weighted by atomic mass is 16.5. The zero-order valence-corrected chi connectivity index (χ0v) is 15.1. The van der Waals surface area contributed by atoms with Gasteiger partial charge in [0.15, 0.2) is 5.82 Å². The van der Waals surface area contributed by atoms with Gasteiger partial charge in [-0.1, -0.05) is 5.16 Å². The van der Waals surface area contributed by atoms with Crippen LogP contribution in [0.1, 0.15) is 36.3 Å². The highest BCUT2D eigenvalue weighted by Gasteiger charge is 2.28. The number of piperazine rings is 1. The number of urea groups is 1. The molecule has 140 valence electrons. The lowest BCUT2D eigenvalue weighted by molar-refractivity contribution is 0.133. The van der Waals surface area contributed by atoms with Crippen LogP contribution in [0, 0.1) is 0 Å².